The molecule has 0 unspecified atom stereocenters. The Bertz CT molecular complexity index is 184. The summed E-state index contributed by atoms with van der Waals surface area (Å²) in [5.74, 6) is -0.626. The van der Waals surface area contributed by atoms with Gasteiger partial charge in [0.1, 0.15) is 5.54 Å². The number of rotatable bonds is 2. The largest absolute Gasteiger partial charge is 0.368 e. The molecule has 1 saturated carbocycles. The number of amides is 2. The number of primary amides is 1. The van der Waals surface area contributed by atoms with Gasteiger partial charge < -0.3 is 11.1 Å². The molecule has 0 spiro atoms. The highest BCUT2D eigenvalue weighted by Crippen LogP contribution is 2.34. The van der Waals surface area contributed by atoms with Crippen LogP contribution in [0.5, 0.6) is 0 Å². The first-order chi connectivity index (χ1) is 4.57. The average molecular weight is 142 g/mol. The summed E-state index contributed by atoms with van der Waals surface area (Å²) in [6, 6.07) is 0. The molecule has 4 heteroatoms. The summed E-state index contributed by atoms with van der Waals surface area (Å²) >= 11 is 0. The van der Waals surface area contributed by atoms with E-state index in [4.69, 9.17) is 5.73 Å². The van der Waals surface area contributed by atoms with Gasteiger partial charge in [0.05, 0.1) is 0 Å². The summed E-state index contributed by atoms with van der Waals surface area (Å²) in [6.07, 6.45) is 1.36. The maximum atomic E-state index is 10.6. The van der Waals surface area contributed by atoms with E-state index in [1.807, 2.05) is 0 Å². The summed E-state index contributed by atoms with van der Waals surface area (Å²) < 4.78 is 0. The summed E-state index contributed by atoms with van der Waals surface area (Å²) in [6.45, 7) is 1.38. The molecule has 10 heavy (non-hydrogen) atoms. The van der Waals surface area contributed by atoms with Crippen molar-refractivity contribution in [1.82, 2.24) is 5.32 Å². The van der Waals surface area contributed by atoms with E-state index < -0.39 is 11.4 Å². The molecular weight excluding hydrogens is 132 g/mol. The Labute approximate surface area is 58.8 Å². The van der Waals surface area contributed by atoms with Gasteiger partial charge in [0.2, 0.25) is 11.8 Å². The van der Waals surface area contributed by atoms with Gasteiger partial charge in [0, 0.05) is 6.92 Å². The lowest BCUT2D eigenvalue weighted by atomic mass is 10.2. The first-order valence-corrected chi connectivity index (χ1v) is 3.15. The minimum Gasteiger partial charge on any atom is -0.368 e. The van der Waals surface area contributed by atoms with Crippen molar-refractivity contribution in [3.05, 3.63) is 0 Å². The number of carbonyl (C=O) groups excluding carboxylic acids is 2. The summed E-state index contributed by atoms with van der Waals surface area (Å²) in [7, 11) is 0. The van der Waals surface area contributed by atoms with Crippen LogP contribution in [0, 0.1) is 0 Å². The molecule has 0 aromatic rings. The zero-order valence-corrected chi connectivity index (χ0v) is 5.81. The van der Waals surface area contributed by atoms with E-state index in [2.05, 4.69) is 5.32 Å². The maximum Gasteiger partial charge on any atom is 0.243 e. The molecule has 0 atom stereocenters. The second-order valence-electron chi connectivity index (χ2n) is 2.63. The van der Waals surface area contributed by atoms with Crippen molar-refractivity contribution in [2.45, 2.75) is 25.3 Å². The van der Waals surface area contributed by atoms with Gasteiger partial charge in [-0.3, -0.25) is 9.59 Å². The maximum absolute atomic E-state index is 10.6. The summed E-state index contributed by atoms with van der Waals surface area (Å²) in [5, 5.41) is 2.52. The number of nitrogens with two attached hydrogens (primary N) is 1. The molecule has 0 saturated heterocycles. The highest BCUT2D eigenvalue weighted by Gasteiger charge is 2.49. The van der Waals surface area contributed by atoms with Gasteiger partial charge >= 0.3 is 0 Å². The lowest BCUT2D eigenvalue weighted by Crippen LogP contribution is -2.45. The fourth-order valence-corrected chi connectivity index (χ4v) is 0.895. The third-order valence-corrected chi connectivity index (χ3v) is 1.64. The van der Waals surface area contributed by atoms with Gasteiger partial charge in [-0.1, -0.05) is 0 Å². The highest BCUT2D eigenvalue weighted by molar-refractivity contribution is 5.92. The molecule has 4 nitrogen and oxygen atoms in total. The number of hydrogen-bond acceptors (Lipinski definition) is 2. The fraction of sp³-hybridized carbons (Fsp3) is 0.667. The topological polar surface area (TPSA) is 72.2 Å². The van der Waals surface area contributed by atoms with Gasteiger partial charge in [-0.2, -0.15) is 0 Å². The van der Waals surface area contributed by atoms with Crippen LogP contribution in [0.15, 0.2) is 0 Å². The smallest absolute Gasteiger partial charge is 0.243 e. The van der Waals surface area contributed by atoms with Crippen LogP contribution >= 0.6 is 0 Å². The molecule has 0 radical (unpaired) electrons. The Kier molecular flexibility index (Phi) is 1.39. The van der Waals surface area contributed by atoms with Crippen LogP contribution in [-0.2, 0) is 9.59 Å². The van der Waals surface area contributed by atoms with Crippen molar-refractivity contribution in [2.75, 3.05) is 0 Å². The van der Waals surface area contributed by atoms with Gasteiger partial charge in [-0.15, -0.1) is 0 Å². The number of nitrogens with one attached hydrogen (secondary N) is 1. The Hall–Kier alpha value is -1.06. The molecule has 1 aliphatic rings. The van der Waals surface area contributed by atoms with E-state index >= 15 is 0 Å². The van der Waals surface area contributed by atoms with E-state index in [1.165, 1.54) is 6.92 Å². The SMILES string of the molecule is CC(=O)NC1(C(N)=O)CC1. The third kappa shape index (κ3) is 1.10. The van der Waals surface area contributed by atoms with Gasteiger partial charge in [-0.05, 0) is 12.8 Å². The van der Waals surface area contributed by atoms with Crippen molar-refractivity contribution in [3.8, 4) is 0 Å². The van der Waals surface area contributed by atoms with E-state index in [-0.39, 0.29) is 5.91 Å². The molecule has 1 aliphatic carbocycles. The van der Waals surface area contributed by atoms with Crippen molar-refractivity contribution < 1.29 is 9.59 Å². The van der Waals surface area contributed by atoms with E-state index in [1.54, 1.807) is 0 Å². The van der Waals surface area contributed by atoms with Crippen molar-refractivity contribution in [3.63, 3.8) is 0 Å². The first-order valence-electron chi connectivity index (χ1n) is 3.15. The molecule has 0 bridgehead atoms. The van der Waals surface area contributed by atoms with Crippen molar-refractivity contribution >= 4 is 11.8 Å². The zero-order valence-electron chi connectivity index (χ0n) is 5.81. The summed E-state index contributed by atoms with van der Waals surface area (Å²) in [5.41, 5.74) is 4.34. The average Bonchev–Trinajstić information content (AvgIpc) is 2.46. The second kappa shape index (κ2) is 1.97. The molecule has 56 valence electrons. The molecule has 3 N–H and O–H groups in total. The van der Waals surface area contributed by atoms with Crippen LogP contribution < -0.4 is 11.1 Å². The van der Waals surface area contributed by atoms with E-state index in [0.717, 1.165) is 0 Å². The fourth-order valence-electron chi connectivity index (χ4n) is 0.895. The minimum atomic E-state index is -0.689. The lowest BCUT2D eigenvalue weighted by Gasteiger charge is -2.10. The molecule has 1 rings (SSSR count). The van der Waals surface area contributed by atoms with Crippen LogP contribution in [-0.4, -0.2) is 17.4 Å². The van der Waals surface area contributed by atoms with Crippen molar-refractivity contribution in [1.29, 1.82) is 0 Å². The van der Waals surface area contributed by atoms with Gasteiger partial charge in [0.25, 0.3) is 0 Å². The van der Waals surface area contributed by atoms with Crippen LogP contribution in [0.2, 0.25) is 0 Å². The molecule has 0 aliphatic heterocycles. The van der Waals surface area contributed by atoms with E-state index in [0.29, 0.717) is 12.8 Å². The molecule has 2 amide bonds. The quantitative estimate of drug-likeness (QED) is 0.526. The first kappa shape index (κ1) is 7.05. The van der Waals surface area contributed by atoms with Crippen molar-refractivity contribution in [2.24, 2.45) is 5.73 Å². The number of hydrogen-bond donors (Lipinski definition) is 2. The predicted molar refractivity (Wildman–Crippen MR) is 35.0 cm³/mol. The Balaban J connectivity index is 2.53. The summed E-state index contributed by atoms with van der Waals surface area (Å²) in [4.78, 5) is 21.1. The van der Waals surface area contributed by atoms with Gasteiger partial charge in [0.15, 0.2) is 0 Å². The normalized spacial score (nSPS) is 19.7. The van der Waals surface area contributed by atoms with Crippen LogP contribution in [0.4, 0.5) is 0 Å². The standard InChI is InChI=1S/C6H10N2O2/c1-4(9)8-6(2-3-6)5(7)10/h2-3H2,1H3,(H2,7,10)(H,8,9). The minimum absolute atomic E-state index is 0.198. The van der Waals surface area contributed by atoms with Crippen LogP contribution in [0.3, 0.4) is 0 Å². The Morgan fingerprint density at radius 1 is 1.50 bits per heavy atom. The Morgan fingerprint density at radius 3 is 2.10 bits per heavy atom. The Morgan fingerprint density at radius 2 is 2.00 bits per heavy atom. The van der Waals surface area contributed by atoms with E-state index in [9.17, 15) is 9.59 Å². The molecule has 0 heterocycles. The molecular formula is C6H10N2O2. The van der Waals surface area contributed by atoms with Crippen LogP contribution in [0.25, 0.3) is 0 Å². The predicted octanol–water partition coefficient (Wildman–Crippen LogP) is -0.860. The zero-order chi connectivity index (χ0) is 7.78. The number of carbonyl (C=O) groups is 2. The highest BCUT2D eigenvalue weighted by atomic mass is 16.2. The van der Waals surface area contributed by atoms with Gasteiger partial charge in [-0.25, -0.2) is 0 Å². The molecule has 0 aromatic heterocycles. The monoisotopic (exact) mass is 142 g/mol. The second-order valence-corrected chi connectivity index (χ2v) is 2.63. The van der Waals surface area contributed by atoms with Crippen LogP contribution in [0.1, 0.15) is 19.8 Å². The molecule has 0 aromatic carbocycles. The third-order valence-electron chi connectivity index (χ3n) is 1.64. The lowest BCUT2D eigenvalue weighted by molar-refractivity contribution is -0.127. The molecule has 1 fully saturated rings.